The average molecular weight is 479 g/mol. The number of carboxylic acids is 1. The van der Waals surface area contributed by atoms with Gasteiger partial charge in [-0.1, -0.05) is 17.7 Å². The topological polar surface area (TPSA) is 82.8 Å². The number of carboxylic acid groups (broad SMARTS) is 1. The lowest BCUT2D eigenvalue weighted by atomic mass is 10.0. The fourth-order valence-corrected chi connectivity index (χ4v) is 3.91. The van der Waals surface area contributed by atoms with Gasteiger partial charge in [-0.15, -0.1) is 0 Å². The number of ether oxygens (including phenoxy) is 3. The summed E-state index contributed by atoms with van der Waals surface area (Å²) in [5.41, 5.74) is 3.83. The monoisotopic (exact) mass is 478 g/mol. The normalized spacial score (nSPS) is 11.8. The quantitative estimate of drug-likeness (QED) is 0.352. The lowest BCUT2D eigenvalue weighted by molar-refractivity contribution is 0.0696. The fourth-order valence-electron chi connectivity index (χ4n) is 3.71. The molecule has 4 rings (SSSR count). The smallest absolute Gasteiger partial charge is 0.337 e. The molecule has 8 heteroatoms. The zero-order valence-electron chi connectivity index (χ0n) is 18.9. The van der Waals surface area contributed by atoms with Gasteiger partial charge in [0.2, 0.25) is 0 Å². The van der Waals surface area contributed by atoms with E-state index in [4.69, 9.17) is 30.9 Å². The maximum Gasteiger partial charge on any atom is 0.337 e. The van der Waals surface area contributed by atoms with Gasteiger partial charge in [0, 0.05) is 12.7 Å². The lowest BCUT2D eigenvalue weighted by Crippen LogP contribution is -2.08. The molecule has 4 aromatic rings. The number of hydrogen-bond acceptors (Lipinski definition) is 5. The molecule has 34 heavy (non-hydrogen) atoms. The van der Waals surface area contributed by atoms with Crippen LogP contribution in [0.15, 0.2) is 72.8 Å². The Morgan fingerprint density at radius 2 is 1.53 bits per heavy atom. The van der Waals surface area contributed by atoms with Crippen molar-refractivity contribution < 1.29 is 24.1 Å². The highest BCUT2D eigenvalue weighted by atomic mass is 35.5. The third-order valence-corrected chi connectivity index (χ3v) is 5.79. The molecule has 0 aliphatic carbocycles. The lowest BCUT2D eigenvalue weighted by Gasteiger charge is -2.14. The van der Waals surface area contributed by atoms with E-state index in [0.717, 1.165) is 28.4 Å². The van der Waals surface area contributed by atoms with E-state index in [1.165, 1.54) is 6.07 Å². The maximum atomic E-state index is 11.6. The predicted molar refractivity (Wildman–Crippen MR) is 129 cm³/mol. The first-order valence-corrected chi connectivity index (χ1v) is 10.8. The number of nitrogens with zero attached hydrogens (tertiary/aromatic N) is 2. The molecule has 0 aliphatic rings. The average Bonchev–Trinajstić information content (AvgIpc) is 3.30. The summed E-state index contributed by atoms with van der Waals surface area (Å²) in [6, 6.07) is 21.9. The van der Waals surface area contributed by atoms with Gasteiger partial charge in [0.25, 0.3) is 0 Å². The number of rotatable bonds is 8. The molecule has 3 aromatic carbocycles. The van der Waals surface area contributed by atoms with Crippen LogP contribution in [-0.2, 0) is 4.74 Å². The Labute approximate surface area is 202 Å². The van der Waals surface area contributed by atoms with Crippen molar-refractivity contribution in [1.82, 2.24) is 9.78 Å². The Morgan fingerprint density at radius 3 is 2.09 bits per heavy atom. The molecule has 0 radical (unpaired) electrons. The Morgan fingerprint density at radius 1 is 0.912 bits per heavy atom. The van der Waals surface area contributed by atoms with E-state index in [9.17, 15) is 9.90 Å². The molecule has 0 saturated heterocycles. The molecule has 174 valence electrons. The summed E-state index contributed by atoms with van der Waals surface area (Å²) in [6.07, 6.45) is -0.605. The molecule has 0 aliphatic heterocycles. The van der Waals surface area contributed by atoms with Crippen LogP contribution in [0, 0.1) is 0 Å². The SMILES string of the molecule is COc1ccc(-c2cc(C(OC)c3ccc(Cl)c(C(=O)O)c3)nn2-c2ccc(OC)cc2)cc1. The van der Waals surface area contributed by atoms with Crippen molar-refractivity contribution in [2.24, 2.45) is 0 Å². The van der Waals surface area contributed by atoms with Gasteiger partial charge < -0.3 is 19.3 Å². The van der Waals surface area contributed by atoms with Crippen LogP contribution in [0.1, 0.15) is 27.7 Å². The van der Waals surface area contributed by atoms with E-state index < -0.39 is 12.1 Å². The molecular formula is C26H23ClN2O5. The van der Waals surface area contributed by atoms with Gasteiger partial charge in [-0.25, -0.2) is 9.48 Å². The third kappa shape index (κ3) is 4.62. The van der Waals surface area contributed by atoms with Gasteiger partial charge in [0.15, 0.2) is 0 Å². The summed E-state index contributed by atoms with van der Waals surface area (Å²) in [4.78, 5) is 11.6. The fraction of sp³-hybridized carbons (Fsp3) is 0.154. The van der Waals surface area contributed by atoms with Crippen molar-refractivity contribution >= 4 is 17.6 Å². The summed E-state index contributed by atoms with van der Waals surface area (Å²) in [6.45, 7) is 0. The van der Waals surface area contributed by atoms with Crippen LogP contribution in [-0.4, -0.2) is 42.2 Å². The van der Waals surface area contributed by atoms with Gasteiger partial charge >= 0.3 is 5.97 Å². The van der Waals surface area contributed by atoms with Gasteiger partial charge in [0.1, 0.15) is 17.6 Å². The Kier molecular flexibility index (Phi) is 6.86. The second-order valence-corrected chi connectivity index (χ2v) is 7.86. The number of hydrogen-bond donors (Lipinski definition) is 1. The van der Waals surface area contributed by atoms with E-state index >= 15 is 0 Å². The van der Waals surface area contributed by atoms with Crippen LogP contribution in [0.5, 0.6) is 11.5 Å². The standard InChI is InChI=1S/C26H23ClN2O5/c1-32-19-9-4-16(5-10-19)24-15-23(28-29(24)18-7-11-20(33-2)12-8-18)25(34-3)17-6-13-22(27)21(14-17)26(30)31/h4-15,25H,1-3H3,(H,30,31). The summed E-state index contributed by atoms with van der Waals surface area (Å²) in [5, 5.41) is 14.5. The Balaban J connectivity index is 1.84. The van der Waals surface area contributed by atoms with E-state index in [1.807, 2.05) is 59.3 Å². The molecule has 0 bridgehead atoms. The number of aromatic carboxylic acids is 1. The van der Waals surface area contributed by atoms with Crippen molar-refractivity contribution in [2.75, 3.05) is 21.3 Å². The van der Waals surface area contributed by atoms with Crippen molar-refractivity contribution in [3.05, 3.63) is 94.6 Å². The Hall–Kier alpha value is -3.81. The number of benzene rings is 3. The van der Waals surface area contributed by atoms with Gasteiger partial charge in [0.05, 0.1) is 41.9 Å². The molecule has 0 saturated carbocycles. The van der Waals surface area contributed by atoms with Crippen LogP contribution in [0.4, 0.5) is 0 Å². The molecular weight excluding hydrogens is 456 g/mol. The summed E-state index contributed by atoms with van der Waals surface area (Å²) in [5.74, 6) is 0.375. The number of carbonyl (C=O) groups is 1. The van der Waals surface area contributed by atoms with Gasteiger partial charge in [-0.3, -0.25) is 0 Å². The van der Waals surface area contributed by atoms with Crippen LogP contribution in [0.3, 0.4) is 0 Å². The molecule has 0 amide bonds. The number of methoxy groups -OCH3 is 3. The van der Waals surface area contributed by atoms with E-state index in [-0.39, 0.29) is 10.6 Å². The number of aromatic nitrogens is 2. The van der Waals surface area contributed by atoms with E-state index in [1.54, 1.807) is 33.5 Å². The number of halogens is 1. The highest BCUT2D eigenvalue weighted by molar-refractivity contribution is 6.33. The Bertz CT molecular complexity index is 1240. The van der Waals surface area contributed by atoms with Crippen LogP contribution >= 0.6 is 11.6 Å². The van der Waals surface area contributed by atoms with E-state index in [0.29, 0.717) is 11.3 Å². The minimum atomic E-state index is -1.11. The highest BCUT2D eigenvalue weighted by Crippen LogP contribution is 2.33. The zero-order valence-corrected chi connectivity index (χ0v) is 19.6. The molecule has 0 spiro atoms. The van der Waals surface area contributed by atoms with Crippen molar-refractivity contribution in [3.8, 4) is 28.4 Å². The second kappa shape index (κ2) is 9.99. The van der Waals surface area contributed by atoms with Crippen LogP contribution < -0.4 is 9.47 Å². The minimum Gasteiger partial charge on any atom is -0.497 e. The molecule has 1 heterocycles. The molecule has 1 unspecified atom stereocenters. The summed E-state index contributed by atoms with van der Waals surface area (Å²) in [7, 11) is 4.79. The minimum absolute atomic E-state index is 0.00572. The van der Waals surface area contributed by atoms with Crippen molar-refractivity contribution in [3.63, 3.8) is 0 Å². The van der Waals surface area contributed by atoms with Crippen LogP contribution in [0.25, 0.3) is 16.9 Å². The first-order chi connectivity index (χ1) is 16.4. The summed E-state index contributed by atoms with van der Waals surface area (Å²) < 4.78 is 18.1. The van der Waals surface area contributed by atoms with Gasteiger partial charge in [-0.2, -0.15) is 5.10 Å². The van der Waals surface area contributed by atoms with E-state index in [2.05, 4.69) is 0 Å². The second-order valence-electron chi connectivity index (χ2n) is 7.45. The largest absolute Gasteiger partial charge is 0.497 e. The van der Waals surface area contributed by atoms with Crippen molar-refractivity contribution in [1.29, 1.82) is 0 Å². The molecule has 1 N–H and O–H groups in total. The molecule has 1 atom stereocenters. The maximum absolute atomic E-state index is 11.6. The predicted octanol–water partition coefficient (Wildman–Crippen LogP) is 5.64. The third-order valence-electron chi connectivity index (χ3n) is 5.46. The molecule has 0 fully saturated rings. The molecule has 1 aromatic heterocycles. The zero-order chi connectivity index (χ0) is 24.2. The first kappa shape index (κ1) is 23.4. The van der Waals surface area contributed by atoms with Crippen LogP contribution in [0.2, 0.25) is 5.02 Å². The first-order valence-electron chi connectivity index (χ1n) is 10.4. The van der Waals surface area contributed by atoms with Crippen molar-refractivity contribution in [2.45, 2.75) is 6.10 Å². The van der Waals surface area contributed by atoms with Gasteiger partial charge in [-0.05, 0) is 72.3 Å². The highest BCUT2D eigenvalue weighted by Gasteiger charge is 2.22. The summed E-state index contributed by atoms with van der Waals surface area (Å²) >= 11 is 6.06. The molecule has 7 nitrogen and oxygen atoms in total.